The average molecular weight is 384 g/mol. The number of amides is 2. The number of anilines is 1. The van der Waals surface area contributed by atoms with Crippen molar-refractivity contribution in [2.75, 3.05) is 5.32 Å². The molecule has 7 nitrogen and oxygen atoms in total. The van der Waals surface area contributed by atoms with Crippen LogP contribution in [0.1, 0.15) is 16.1 Å². The highest BCUT2D eigenvalue weighted by Gasteiger charge is 2.12. The van der Waals surface area contributed by atoms with Crippen LogP contribution in [-0.4, -0.2) is 23.3 Å². The van der Waals surface area contributed by atoms with E-state index in [1.165, 1.54) is 24.4 Å². The summed E-state index contributed by atoms with van der Waals surface area (Å²) in [5, 5.41) is 15.9. The van der Waals surface area contributed by atoms with Crippen LogP contribution in [0.15, 0.2) is 70.2 Å². The Morgan fingerprint density at radius 3 is 2.59 bits per heavy atom. The molecule has 3 aromatic rings. The van der Waals surface area contributed by atoms with E-state index in [1.807, 2.05) is 6.07 Å². The quantitative estimate of drug-likeness (QED) is 0.447. The van der Waals surface area contributed by atoms with Gasteiger partial charge in [-0.2, -0.15) is 5.10 Å². The topological polar surface area (TPSA) is 104 Å². The van der Waals surface area contributed by atoms with Gasteiger partial charge in [0.05, 0.1) is 16.8 Å². The predicted molar refractivity (Wildman–Crippen MR) is 102 cm³/mol. The largest absolute Gasteiger partial charge is 0.478 e. The molecule has 0 saturated heterocycles. The number of nitrogens with one attached hydrogen (secondary N) is 2. The third-order valence-electron chi connectivity index (χ3n) is 3.50. The summed E-state index contributed by atoms with van der Waals surface area (Å²) in [4.78, 5) is 22.8. The van der Waals surface area contributed by atoms with Crippen LogP contribution in [0.3, 0.4) is 0 Å². The number of hydrogen-bond donors (Lipinski definition) is 3. The number of carbonyl (C=O) groups excluding carboxylic acids is 1. The van der Waals surface area contributed by atoms with Crippen LogP contribution in [0.25, 0.3) is 11.3 Å². The lowest BCUT2D eigenvalue weighted by atomic mass is 10.1. The van der Waals surface area contributed by atoms with Gasteiger partial charge in [-0.25, -0.2) is 15.0 Å². The molecule has 0 aliphatic carbocycles. The SMILES string of the molecule is O=C(NN=Cc1ccc(-c2cc(C(=O)O)ccc2Cl)o1)Nc1ccccc1. The van der Waals surface area contributed by atoms with Crippen LogP contribution in [0.5, 0.6) is 0 Å². The first kappa shape index (κ1) is 18.2. The molecule has 0 saturated carbocycles. The second kappa shape index (κ2) is 8.20. The van der Waals surface area contributed by atoms with Gasteiger partial charge in [0, 0.05) is 11.3 Å². The smallest absolute Gasteiger partial charge is 0.339 e. The zero-order valence-corrected chi connectivity index (χ0v) is 14.6. The van der Waals surface area contributed by atoms with Crippen molar-refractivity contribution in [3.05, 3.63) is 77.0 Å². The Balaban J connectivity index is 1.66. The second-order valence-electron chi connectivity index (χ2n) is 5.39. The van der Waals surface area contributed by atoms with Gasteiger partial charge in [-0.3, -0.25) is 0 Å². The van der Waals surface area contributed by atoms with Crippen molar-refractivity contribution in [3.8, 4) is 11.3 Å². The van der Waals surface area contributed by atoms with E-state index in [0.717, 1.165) is 0 Å². The normalized spacial score (nSPS) is 10.7. The minimum Gasteiger partial charge on any atom is -0.478 e. The fourth-order valence-corrected chi connectivity index (χ4v) is 2.46. The van der Waals surface area contributed by atoms with Gasteiger partial charge in [0.25, 0.3) is 0 Å². The first-order valence-electron chi connectivity index (χ1n) is 7.81. The lowest BCUT2D eigenvalue weighted by Crippen LogP contribution is -2.24. The highest BCUT2D eigenvalue weighted by atomic mass is 35.5. The van der Waals surface area contributed by atoms with Crippen molar-refractivity contribution in [1.29, 1.82) is 0 Å². The molecular weight excluding hydrogens is 370 g/mol. The summed E-state index contributed by atoms with van der Waals surface area (Å²) < 4.78 is 5.59. The number of furan rings is 1. The summed E-state index contributed by atoms with van der Waals surface area (Å²) in [6.45, 7) is 0. The summed E-state index contributed by atoms with van der Waals surface area (Å²) >= 11 is 6.12. The molecule has 3 rings (SSSR count). The minimum atomic E-state index is -1.06. The number of carboxylic acid groups (broad SMARTS) is 1. The molecule has 2 aromatic carbocycles. The Bertz CT molecular complexity index is 999. The fraction of sp³-hybridized carbons (Fsp3) is 0. The van der Waals surface area contributed by atoms with Crippen LogP contribution in [0.2, 0.25) is 5.02 Å². The van der Waals surface area contributed by atoms with Gasteiger partial charge in [-0.15, -0.1) is 0 Å². The molecule has 0 aliphatic rings. The first-order valence-corrected chi connectivity index (χ1v) is 8.19. The molecule has 0 bridgehead atoms. The standard InChI is InChI=1S/C19H14ClN3O4/c20-16-8-6-12(18(24)25)10-15(16)17-9-7-14(27-17)11-21-23-19(26)22-13-4-2-1-3-5-13/h1-11H,(H,24,25)(H2,22,23,26). The number of para-hydroxylation sites is 1. The zero-order valence-electron chi connectivity index (χ0n) is 13.8. The van der Waals surface area contributed by atoms with Crippen molar-refractivity contribution in [1.82, 2.24) is 5.43 Å². The summed E-state index contributed by atoms with van der Waals surface area (Å²) in [5.74, 6) is -0.310. The van der Waals surface area contributed by atoms with Crippen molar-refractivity contribution < 1.29 is 19.1 Å². The Morgan fingerprint density at radius 1 is 1.07 bits per heavy atom. The van der Waals surface area contributed by atoms with Crippen LogP contribution < -0.4 is 10.7 Å². The first-order chi connectivity index (χ1) is 13.0. The molecule has 27 heavy (non-hydrogen) atoms. The van der Waals surface area contributed by atoms with Gasteiger partial charge in [-0.05, 0) is 42.5 Å². The van der Waals surface area contributed by atoms with Crippen LogP contribution >= 0.6 is 11.6 Å². The van der Waals surface area contributed by atoms with E-state index < -0.39 is 12.0 Å². The summed E-state index contributed by atoms with van der Waals surface area (Å²) in [6.07, 6.45) is 1.32. The number of halogens is 1. The predicted octanol–water partition coefficient (Wildman–Crippen LogP) is 4.45. The molecule has 8 heteroatoms. The van der Waals surface area contributed by atoms with Crippen LogP contribution in [0.4, 0.5) is 10.5 Å². The van der Waals surface area contributed by atoms with Gasteiger partial charge >= 0.3 is 12.0 Å². The minimum absolute atomic E-state index is 0.0975. The molecule has 0 atom stereocenters. The van der Waals surface area contributed by atoms with E-state index in [-0.39, 0.29) is 5.56 Å². The third kappa shape index (κ3) is 4.74. The van der Waals surface area contributed by atoms with Crippen LogP contribution in [-0.2, 0) is 0 Å². The fourth-order valence-electron chi connectivity index (χ4n) is 2.25. The second-order valence-corrected chi connectivity index (χ2v) is 5.80. The van der Waals surface area contributed by atoms with Gasteiger partial charge in [-0.1, -0.05) is 29.8 Å². The Hall–Kier alpha value is -3.58. The van der Waals surface area contributed by atoms with Crippen molar-refractivity contribution in [2.24, 2.45) is 5.10 Å². The monoisotopic (exact) mass is 383 g/mol. The summed E-state index contributed by atoms with van der Waals surface area (Å²) in [7, 11) is 0. The highest BCUT2D eigenvalue weighted by molar-refractivity contribution is 6.33. The van der Waals surface area contributed by atoms with E-state index in [0.29, 0.717) is 27.8 Å². The number of nitrogens with zero attached hydrogens (tertiary/aromatic N) is 1. The maximum absolute atomic E-state index is 11.7. The van der Waals surface area contributed by atoms with Gasteiger partial charge in [0.1, 0.15) is 11.5 Å². The van der Waals surface area contributed by atoms with Crippen molar-refractivity contribution >= 4 is 35.5 Å². The summed E-state index contributed by atoms with van der Waals surface area (Å²) in [6, 6.07) is 16.0. The van der Waals surface area contributed by atoms with E-state index in [4.69, 9.17) is 21.1 Å². The average Bonchev–Trinajstić information content (AvgIpc) is 3.11. The molecule has 0 unspecified atom stereocenters. The van der Waals surface area contributed by atoms with E-state index in [2.05, 4.69) is 15.8 Å². The van der Waals surface area contributed by atoms with Gasteiger partial charge < -0.3 is 14.8 Å². The lowest BCUT2D eigenvalue weighted by Gasteiger charge is -2.03. The lowest BCUT2D eigenvalue weighted by molar-refractivity contribution is 0.0697. The number of carbonyl (C=O) groups is 2. The number of benzene rings is 2. The molecule has 0 aliphatic heterocycles. The number of aromatic carboxylic acids is 1. The molecule has 1 aromatic heterocycles. The van der Waals surface area contributed by atoms with Crippen molar-refractivity contribution in [2.45, 2.75) is 0 Å². The Kier molecular flexibility index (Phi) is 5.53. The molecule has 2 amide bonds. The number of carboxylic acids is 1. The maximum Gasteiger partial charge on any atom is 0.339 e. The van der Waals surface area contributed by atoms with E-state index >= 15 is 0 Å². The Morgan fingerprint density at radius 2 is 1.85 bits per heavy atom. The molecular formula is C19H14ClN3O4. The molecule has 0 fully saturated rings. The number of urea groups is 1. The number of hydrogen-bond acceptors (Lipinski definition) is 4. The highest BCUT2D eigenvalue weighted by Crippen LogP contribution is 2.30. The van der Waals surface area contributed by atoms with Crippen molar-refractivity contribution in [3.63, 3.8) is 0 Å². The zero-order chi connectivity index (χ0) is 19.2. The molecule has 0 radical (unpaired) electrons. The van der Waals surface area contributed by atoms with E-state index in [9.17, 15) is 9.59 Å². The molecule has 1 heterocycles. The molecule has 136 valence electrons. The maximum atomic E-state index is 11.7. The summed E-state index contributed by atoms with van der Waals surface area (Å²) in [5.41, 5.74) is 3.50. The molecule has 3 N–H and O–H groups in total. The van der Waals surface area contributed by atoms with Gasteiger partial charge in [0.2, 0.25) is 0 Å². The number of rotatable bonds is 5. The van der Waals surface area contributed by atoms with E-state index in [1.54, 1.807) is 36.4 Å². The molecule has 0 spiro atoms. The van der Waals surface area contributed by atoms with Crippen LogP contribution in [0, 0.1) is 0 Å². The van der Waals surface area contributed by atoms with Gasteiger partial charge in [0.15, 0.2) is 0 Å². The number of hydrazone groups is 1. The Labute approximate surface area is 159 Å². The third-order valence-corrected chi connectivity index (χ3v) is 3.82.